The SMILES string of the molecule is CN(CC(F)F)C(=O)c1cccc(Br)c1F. The maximum atomic E-state index is 13.5. The van der Waals surface area contributed by atoms with E-state index in [-0.39, 0.29) is 10.0 Å². The molecule has 6 heteroatoms. The summed E-state index contributed by atoms with van der Waals surface area (Å²) in [5, 5.41) is 0. The van der Waals surface area contributed by atoms with Crippen LogP contribution in [-0.4, -0.2) is 30.8 Å². The Bertz CT molecular complexity index is 398. The van der Waals surface area contributed by atoms with Crippen LogP contribution in [0, 0.1) is 5.82 Å². The van der Waals surface area contributed by atoms with Gasteiger partial charge in [0, 0.05) is 7.05 Å². The van der Waals surface area contributed by atoms with E-state index in [0.29, 0.717) is 0 Å². The molecule has 0 atom stereocenters. The van der Waals surface area contributed by atoms with Gasteiger partial charge in [0.05, 0.1) is 16.6 Å². The average molecular weight is 296 g/mol. The van der Waals surface area contributed by atoms with Gasteiger partial charge in [0.2, 0.25) is 0 Å². The number of benzene rings is 1. The summed E-state index contributed by atoms with van der Waals surface area (Å²) in [6.07, 6.45) is -2.64. The molecule has 88 valence electrons. The molecule has 0 bridgehead atoms. The van der Waals surface area contributed by atoms with Gasteiger partial charge in [-0.3, -0.25) is 4.79 Å². The zero-order chi connectivity index (χ0) is 12.3. The lowest BCUT2D eigenvalue weighted by Gasteiger charge is -2.17. The maximum Gasteiger partial charge on any atom is 0.256 e. The van der Waals surface area contributed by atoms with Gasteiger partial charge in [-0.15, -0.1) is 0 Å². The molecule has 0 N–H and O–H groups in total. The normalized spacial score (nSPS) is 10.6. The summed E-state index contributed by atoms with van der Waals surface area (Å²) in [5.74, 6) is -1.51. The van der Waals surface area contributed by atoms with Crippen LogP contribution in [0.25, 0.3) is 0 Å². The van der Waals surface area contributed by atoms with E-state index in [9.17, 15) is 18.0 Å². The number of amides is 1. The Morgan fingerprint density at radius 3 is 2.69 bits per heavy atom. The largest absolute Gasteiger partial charge is 0.336 e. The summed E-state index contributed by atoms with van der Waals surface area (Å²) in [7, 11) is 1.20. The average Bonchev–Trinajstić information content (AvgIpc) is 2.20. The van der Waals surface area contributed by atoms with Gasteiger partial charge >= 0.3 is 0 Å². The van der Waals surface area contributed by atoms with Crippen molar-refractivity contribution >= 4 is 21.8 Å². The molecule has 1 aromatic rings. The van der Waals surface area contributed by atoms with Gasteiger partial charge < -0.3 is 4.90 Å². The van der Waals surface area contributed by atoms with E-state index in [1.807, 2.05) is 0 Å². The molecule has 0 fully saturated rings. The highest BCUT2D eigenvalue weighted by Crippen LogP contribution is 2.19. The zero-order valence-electron chi connectivity index (χ0n) is 8.38. The first kappa shape index (κ1) is 13.0. The molecule has 0 radical (unpaired) electrons. The molecular formula is C10H9BrF3NO. The van der Waals surface area contributed by atoms with Crippen LogP contribution in [0.2, 0.25) is 0 Å². The Kier molecular flexibility index (Phi) is 4.35. The lowest BCUT2D eigenvalue weighted by atomic mass is 10.2. The first-order valence-corrected chi connectivity index (χ1v) is 5.20. The van der Waals surface area contributed by atoms with Crippen molar-refractivity contribution in [1.29, 1.82) is 0 Å². The molecule has 1 aromatic carbocycles. The van der Waals surface area contributed by atoms with Crippen LogP contribution in [0.5, 0.6) is 0 Å². The maximum absolute atomic E-state index is 13.5. The summed E-state index contributed by atoms with van der Waals surface area (Å²) in [6, 6.07) is 4.15. The fraction of sp³-hybridized carbons (Fsp3) is 0.300. The highest BCUT2D eigenvalue weighted by atomic mass is 79.9. The van der Waals surface area contributed by atoms with Crippen LogP contribution in [0.15, 0.2) is 22.7 Å². The monoisotopic (exact) mass is 295 g/mol. The summed E-state index contributed by atoms with van der Waals surface area (Å²) in [4.78, 5) is 12.4. The number of carbonyl (C=O) groups is 1. The first-order valence-electron chi connectivity index (χ1n) is 4.41. The van der Waals surface area contributed by atoms with Crippen molar-refractivity contribution in [3.05, 3.63) is 34.1 Å². The van der Waals surface area contributed by atoms with Crippen LogP contribution in [-0.2, 0) is 0 Å². The molecule has 0 aliphatic rings. The van der Waals surface area contributed by atoms with Crippen molar-refractivity contribution in [2.75, 3.05) is 13.6 Å². The topological polar surface area (TPSA) is 20.3 Å². The van der Waals surface area contributed by atoms with E-state index in [4.69, 9.17) is 0 Å². The predicted octanol–water partition coefficient (Wildman–Crippen LogP) is 2.93. The van der Waals surface area contributed by atoms with Crippen LogP contribution in [0.1, 0.15) is 10.4 Å². The number of carbonyl (C=O) groups excluding carboxylic acids is 1. The Balaban J connectivity index is 2.92. The molecule has 0 heterocycles. The Morgan fingerprint density at radius 2 is 2.12 bits per heavy atom. The Morgan fingerprint density at radius 1 is 1.50 bits per heavy atom. The van der Waals surface area contributed by atoms with Gasteiger partial charge in [-0.1, -0.05) is 6.07 Å². The smallest absolute Gasteiger partial charge is 0.256 e. The van der Waals surface area contributed by atoms with Gasteiger partial charge in [-0.05, 0) is 28.1 Å². The van der Waals surface area contributed by atoms with Crippen molar-refractivity contribution in [3.8, 4) is 0 Å². The van der Waals surface area contributed by atoms with Gasteiger partial charge in [-0.25, -0.2) is 13.2 Å². The summed E-state index contributed by atoms with van der Waals surface area (Å²) < 4.78 is 37.7. The van der Waals surface area contributed by atoms with Gasteiger partial charge in [0.15, 0.2) is 0 Å². The molecule has 2 nitrogen and oxygen atoms in total. The Hall–Kier alpha value is -1.04. The molecule has 0 aliphatic heterocycles. The molecule has 0 aromatic heterocycles. The lowest BCUT2D eigenvalue weighted by Crippen LogP contribution is -2.31. The summed E-state index contributed by atoms with van der Waals surface area (Å²) in [5.41, 5.74) is -0.225. The van der Waals surface area contributed by atoms with Crippen LogP contribution in [0.3, 0.4) is 0 Å². The van der Waals surface area contributed by atoms with Crippen LogP contribution >= 0.6 is 15.9 Å². The van der Waals surface area contributed by atoms with E-state index in [1.165, 1.54) is 25.2 Å². The molecule has 0 saturated carbocycles. The highest BCUT2D eigenvalue weighted by Gasteiger charge is 2.19. The van der Waals surface area contributed by atoms with Gasteiger partial charge in [0.25, 0.3) is 12.3 Å². The van der Waals surface area contributed by atoms with Crippen molar-refractivity contribution < 1.29 is 18.0 Å². The second-order valence-electron chi connectivity index (χ2n) is 3.18. The van der Waals surface area contributed by atoms with E-state index < -0.39 is 24.7 Å². The van der Waals surface area contributed by atoms with Crippen molar-refractivity contribution in [1.82, 2.24) is 4.90 Å². The third-order valence-electron chi connectivity index (χ3n) is 1.94. The minimum Gasteiger partial charge on any atom is -0.336 e. The summed E-state index contributed by atoms with van der Waals surface area (Å²) >= 11 is 2.92. The van der Waals surface area contributed by atoms with E-state index in [2.05, 4.69) is 15.9 Å². The second-order valence-corrected chi connectivity index (χ2v) is 4.03. The van der Waals surface area contributed by atoms with Crippen molar-refractivity contribution in [3.63, 3.8) is 0 Å². The Labute approximate surface area is 99.2 Å². The molecule has 1 rings (SSSR count). The fourth-order valence-electron chi connectivity index (χ4n) is 1.16. The van der Waals surface area contributed by atoms with Crippen LogP contribution < -0.4 is 0 Å². The zero-order valence-corrected chi connectivity index (χ0v) is 9.97. The molecule has 1 amide bonds. The number of hydrogen-bond donors (Lipinski definition) is 0. The first-order chi connectivity index (χ1) is 7.43. The minimum absolute atomic E-state index is 0.129. The molecule has 0 saturated heterocycles. The van der Waals surface area contributed by atoms with E-state index in [0.717, 1.165) is 4.90 Å². The molecular weight excluding hydrogens is 287 g/mol. The number of hydrogen-bond acceptors (Lipinski definition) is 1. The van der Waals surface area contributed by atoms with E-state index >= 15 is 0 Å². The van der Waals surface area contributed by atoms with E-state index in [1.54, 1.807) is 0 Å². The van der Waals surface area contributed by atoms with Crippen LogP contribution in [0.4, 0.5) is 13.2 Å². The number of nitrogens with zero attached hydrogens (tertiary/aromatic N) is 1. The summed E-state index contributed by atoms with van der Waals surface area (Å²) in [6.45, 7) is -0.717. The van der Waals surface area contributed by atoms with Crippen molar-refractivity contribution in [2.45, 2.75) is 6.43 Å². The van der Waals surface area contributed by atoms with Gasteiger partial charge in [0.1, 0.15) is 5.82 Å². The highest BCUT2D eigenvalue weighted by molar-refractivity contribution is 9.10. The molecule has 0 aliphatic carbocycles. The molecule has 16 heavy (non-hydrogen) atoms. The quantitative estimate of drug-likeness (QED) is 0.840. The number of rotatable bonds is 3. The minimum atomic E-state index is -2.64. The van der Waals surface area contributed by atoms with Crippen molar-refractivity contribution in [2.24, 2.45) is 0 Å². The second kappa shape index (κ2) is 5.34. The lowest BCUT2D eigenvalue weighted by molar-refractivity contribution is 0.0616. The number of alkyl halides is 2. The number of halogens is 4. The third kappa shape index (κ3) is 2.98. The fourth-order valence-corrected chi connectivity index (χ4v) is 1.53. The molecule has 0 unspecified atom stereocenters. The molecule has 0 spiro atoms. The predicted molar refractivity (Wildman–Crippen MR) is 57.1 cm³/mol. The van der Waals surface area contributed by atoms with Gasteiger partial charge in [-0.2, -0.15) is 0 Å². The standard InChI is InChI=1S/C10H9BrF3NO/c1-15(5-8(12)13)10(16)6-3-2-4-7(11)9(6)14/h2-4,8H,5H2,1H3. The third-order valence-corrected chi connectivity index (χ3v) is 2.55.